The van der Waals surface area contributed by atoms with Crippen molar-refractivity contribution in [2.45, 2.75) is 19.9 Å². The molecule has 130 valence electrons. The summed E-state index contributed by atoms with van der Waals surface area (Å²) in [6, 6.07) is 7.79. The lowest BCUT2D eigenvalue weighted by atomic mass is 10.1. The molecule has 2 heterocycles. The van der Waals surface area contributed by atoms with Crippen molar-refractivity contribution in [3.63, 3.8) is 0 Å². The Labute approximate surface area is 155 Å². The highest BCUT2D eigenvalue weighted by atomic mass is 35.5. The lowest BCUT2D eigenvalue weighted by Crippen LogP contribution is -2.38. The number of nitrogens with one attached hydrogen (secondary N) is 1. The van der Waals surface area contributed by atoms with Crippen LogP contribution >= 0.6 is 22.9 Å². The number of fused-ring (bicyclic) bond motifs is 1. The lowest BCUT2D eigenvalue weighted by molar-refractivity contribution is -0.120. The molecule has 0 saturated heterocycles. The van der Waals surface area contributed by atoms with Gasteiger partial charge in [0, 0.05) is 29.1 Å². The van der Waals surface area contributed by atoms with E-state index in [9.17, 15) is 4.79 Å². The molecule has 0 saturated carbocycles. The number of amides is 1. The van der Waals surface area contributed by atoms with Crippen LogP contribution in [0.25, 0.3) is 21.3 Å². The molecular formula is C18H19ClN4OS. The highest BCUT2D eigenvalue weighted by Crippen LogP contribution is 2.37. The Morgan fingerprint density at radius 3 is 2.68 bits per heavy atom. The van der Waals surface area contributed by atoms with Crippen molar-refractivity contribution in [2.24, 2.45) is 0 Å². The predicted octanol–water partition coefficient (Wildman–Crippen LogP) is 3.97. The Bertz CT molecular complexity index is 892. The van der Waals surface area contributed by atoms with E-state index in [-0.39, 0.29) is 18.5 Å². The highest BCUT2D eigenvalue weighted by Gasteiger charge is 2.17. The zero-order valence-electron chi connectivity index (χ0n) is 14.3. The van der Waals surface area contributed by atoms with Gasteiger partial charge in [-0.2, -0.15) is 0 Å². The van der Waals surface area contributed by atoms with Crippen molar-refractivity contribution in [1.82, 2.24) is 15.3 Å². The molecular weight excluding hydrogens is 356 g/mol. The van der Waals surface area contributed by atoms with E-state index >= 15 is 0 Å². The SMILES string of the molecule is CC(C)NC(=O)CN(C)c1ncnc2scc(-c3ccc(Cl)cc3)c12. The van der Waals surface area contributed by atoms with Gasteiger partial charge < -0.3 is 10.2 Å². The monoisotopic (exact) mass is 374 g/mol. The minimum absolute atomic E-state index is 0.0347. The number of anilines is 1. The van der Waals surface area contributed by atoms with Crippen LogP contribution in [0, 0.1) is 0 Å². The van der Waals surface area contributed by atoms with Crippen LogP contribution in [-0.2, 0) is 4.79 Å². The second-order valence-corrected chi connectivity index (χ2v) is 7.41. The number of benzene rings is 1. The minimum atomic E-state index is -0.0347. The van der Waals surface area contributed by atoms with Gasteiger partial charge in [-0.1, -0.05) is 23.7 Å². The van der Waals surface area contributed by atoms with Gasteiger partial charge in [-0.15, -0.1) is 11.3 Å². The lowest BCUT2D eigenvalue weighted by Gasteiger charge is -2.20. The number of thiophene rings is 1. The number of carbonyl (C=O) groups is 1. The normalized spacial score (nSPS) is 11.1. The van der Waals surface area contributed by atoms with Crippen LogP contribution in [-0.4, -0.2) is 35.5 Å². The molecule has 0 atom stereocenters. The molecule has 0 aliphatic heterocycles. The molecule has 0 radical (unpaired) electrons. The molecule has 0 unspecified atom stereocenters. The third kappa shape index (κ3) is 3.91. The van der Waals surface area contributed by atoms with Crippen LogP contribution in [0.15, 0.2) is 36.0 Å². The fourth-order valence-corrected chi connectivity index (χ4v) is 3.69. The molecule has 25 heavy (non-hydrogen) atoms. The van der Waals surface area contributed by atoms with Crippen molar-refractivity contribution < 1.29 is 4.79 Å². The van der Waals surface area contributed by atoms with Gasteiger partial charge >= 0.3 is 0 Å². The maximum atomic E-state index is 12.1. The summed E-state index contributed by atoms with van der Waals surface area (Å²) >= 11 is 7.56. The van der Waals surface area contributed by atoms with Crippen LogP contribution in [0.3, 0.4) is 0 Å². The Balaban J connectivity index is 1.99. The van der Waals surface area contributed by atoms with Gasteiger partial charge in [-0.3, -0.25) is 4.79 Å². The van der Waals surface area contributed by atoms with Gasteiger partial charge in [-0.25, -0.2) is 9.97 Å². The van der Waals surface area contributed by atoms with Crippen molar-refractivity contribution in [3.05, 3.63) is 41.0 Å². The van der Waals surface area contributed by atoms with E-state index in [0.29, 0.717) is 5.02 Å². The fraction of sp³-hybridized carbons (Fsp3) is 0.278. The minimum Gasteiger partial charge on any atom is -0.352 e. The van der Waals surface area contributed by atoms with Crippen LogP contribution < -0.4 is 10.2 Å². The van der Waals surface area contributed by atoms with E-state index in [0.717, 1.165) is 27.2 Å². The average molecular weight is 375 g/mol. The zero-order chi connectivity index (χ0) is 18.0. The number of likely N-dealkylation sites (N-methyl/N-ethyl adjacent to an activating group) is 1. The number of hydrogen-bond donors (Lipinski definition) is 1. The first kappa shape index (κ1) is 17.6. The molecule has 3 aromatic rings. The van der Waals surface area contributed by atoms with Gasteiger partial charge in [0.05, 0.1) is 11.9 Å². The first-order valence-corrected chi connectivity index (χ1v) is 9.20. The summed E-state index contributed by atoms with van der Waals surface area (Å²) in [4.78, 5) is 23.6. The summed E-state index contributed by atoms with van der Waals surface area (Å²) in [5.41, 5.74) is 2.09. The zero-order valence-corrected chi connectivity index (χ0v) is 15.9. The number of aromatic nitrogens is 2. The topological polar surface area (TPSA) is 58.1 Å². The maximum Gasteiger partial charge on any atom is 0.239 e. The van der Waals surface area contributed by atoms with Crippen LogP contribution in [0.1, 0.15) is 13.8 Å². The average Bonchev–Trinajstić information content (AvgIpc) is 2.98. The van der Waals surface area contributed by atoms with Gasteiger partial charge in [0.2, 0.25) is 5.91 Å². The number of carbonyl (C=O) groups excluding carboxylic acids is 1. The van der Waals surface area contributed by atoms with E-state index < -0.39 is 0 Å². The Hall–Kier alpha value is -2.18. The Kier molecular flexibility index (Phi) is 5.20. The van der Waals surface area contributed by atoms with Crippen molar-refractivity contribution in [2.75, 3.05) is 18.5 Å². The van der Waals surface area contributed by atoms with Gasteiger partial charge in [0.1, 0.15) is 17.0 Å². The number of rotatable bonds is 5. The summed E-state index contributed by atoms with van der Waals surface area (Å²) in [5, 5.41) is 6.62. The van der Waals surface area contributed by atoms with E-state index in [4.69, 9.17) is 11.6 Å². The molecule has 0 aliphatic carbocycles. The maximum absolute atomic E-state index is 12.1. The summed E-state index contributed by atoms with van der Waals surface area (Å²) in [5.74, 6) is 0.711. The fourth-order valence-electron chi connectivity index (χ4n) is 2.65. The summed E-state index contributed by atoms with van der Waals surface area (Å²) in [7, 11) is 1.87. The standard InChI is InChI=1S/C18H19ClN4OS/c1-11(2)22-15(24)8-23(3)17-16-14(9-25-18(16)21-10-20-17)12-4-6-13(19)7-5-12/h4-7,9-11H,8H2,1-3H3,(H,22,24). The predicted molar refractivity (Wildman–Crippen MR) is 104 cm³/mol. The van der Waals surface area contributed by atoms with E-state index in [1.54, 1.807) is 11.3 Å². The molecule has 0 fully saturated rings. The molecule has 7 heteroatoms. The molecule has 5 nitrogen and oxygen atoms in total. The molecule has 3 rings (SSSR count). The van der Waals surface area contributed by atoms with E-state index in [1.165, 1.54) is 6.33 Å². The van der Waals surface area contributed by atoms with Crippen LogP contribution in [0.4, 0.5) is 5.82 Å². The van der Waals surface area contributed by atoms with Crippen LogP contribution in [0.5, 0.6) is 0 Å². The summed E-state index contributed by atoms with van der Waals surface area (Å²) in [6.45, 7) is 4.12. The van der Waals surface area contributed by atoms with Crippen molar-refractivity contribution >= 4 is 44.9 Å². The largest absolute Gasteiger partial charge is 0.352 e. The summed E-state index contributed by atoms with van der Waals surface area (Å²) < 4.78 is 0. The summed E-state index contributed by atoms with van der Waals surface area (Å²) in [6.07, 6.45) is 1.54. The molecule has 0 spiro atoms. The van der Waals surface area contributed by atoms with Crippen molar-refractivity contribution in [3.8, 4) is 11.1 Å². The van der Waals surface area contributed by atoms with Gasteiger partial charge in [-0.05, 0) is 31.5 Å². The van der Waals surface area contributed by atoms with E-state index in [1.807, 2.05) is 50.1 Å². The highest BCUT2D eigenvalue weighted by molar-refractivity contribution is 7.17. The van der Waals surface area contributed by atoms with Gasteiger partial charge in [0.15, 0.2) is 0 Å². The van der Waals surface area contributed by atoms with Gasteiger partial charge in [0.25, 0.3) is 0 Å². The molecule has 1 amide bonds. The Morgan fingerprint density at radius 2 is 2.00 bits per heavy atom. The van der Waals surface area contributed by atoms with Crippen LogP contribution in [0.2, 0.25) is 5.02 Å². The second kappa shape index (κ2) is 7.37. The third-order valence-electron chi connectivity index (χ3n) is 3.70. The first-order chi connectivity index (χ1) is 12.0. The molecule has 1 aromatic carbocycles. The number of halogens is 1. The molecule has 2 aromatic heterocycles. The first-order valence-electron chi connectivity index (χ1n) is 7.94. The van der Waals surface area contributed by atoms with Crippen molar-refractivity contribution in [1.29, 1.82) is 0 Å². The second-order valence-electron chi connectivity index (χ2n) is 6.11. The number of nitrogens with zero attached hydrogens (tertiary/aromatic N) is 3. The molecule has 0 bridgehead atoms. The smallest absolute Gasteiger partial charge is 0.239 e. The Morgan fingerprint density at radius 1 is 1.28 bits per heavy atom. The molecule has 0 aliphatic rings. The molecule has 1 N–H and O–H groups in total. The quantitative estimate of drug-likeness (QED) is 0.734. The number of hydrogen-bond acceptors (Lipinski definition) is 5. The van der Waals surface area contributed by atoms with E-state index in [2.05, 4.69) is 20.7 Å². The third-order valence-corrected chi connectivity index (χ3v) is 4.84.